The summed E-state index contributed by atoms with van der Waals surface area (Å²) in [7, 11) is 0. The molecule has 1 unspecified atom stereocenters. The second kappa shape index (κ2) is 8.22. The van der Waals surface area contributed by atoms with Crippen LogP contribution in [0.5, 0.6) is 0 Å². The molecule has 21 heavy (non-hydrogen) atoms. The molecule has 1 fully saturated rings. The van der Waals surface area contributed by atoms with E-state index in [1.165, 1.54) is 6.42 Å². The molecule has 0 aromatic carbocycles. The van der Waals surface area contributed by atoms with E-state index in [2.05, 4.69) is 5.32 Å². The van der Waals surface area contributed by atoms with Gasteiger partial charge in [0.15, 0.2) is 0 Å². The van der Waals surface area contributed by atoms with Crippen LogP contribution in [0.2, 0.25) is 0 Å². The Morgan fingerprint density at radius 3 is 2.38 bits per heavy atom. The van der Waals surface area contributed by atoms with Gasteiger partial charge >= 0.3 is 12.0 Å². The topological polar surface area (TPSA) is 89.9 Å². The Morgan fingerprint density at radius 2 is 1.90 bits per heavy atom. The number of urea groups is 1. The maximum absolute atomic E-state index is 12.3. The number of carbonyl (C=O) groups excluding carboxylic acids is 1. The first-order chi connectivity index (χ1) is 9.94. The van der Waals surface area contributed by atoms with Crippen LogP contribution in [0.25, 0.3) is 0 Å². The van der Waals surface area contributed by atoms with Crippen molar-refractivity contribution in [3.63, 3.8) is 0 Å². The van der Waals surface area contributed by atoms with Crippen LogP contribution in [0.4, 0.5) is 4.79 Å². The van der Waals surface area contributed by atoms with Crippen molar-refractivity contribution >= 4 is 12.0 Å². The van der Waals surface area contributed by atoms with Crippen LogP contribution in [0.3, 0.4) is 0 Å². The molecule has 6 heteroatoms. The SMILES string of the molecule is CCC(C)(CNC(=O)N(CCO)C1CCCCC1)C(=O)O. The standard InChI is InChI=1S/C15H28N2O4/c1-3-15(2,13(19)20)11-16-14(21)17(9-10-18)12-7-5-4-6-8-12/h12,18H,3-11H2,1-2H3,(H,16,21)(H,19,20). The molecular weight excluding hydrogens is 272 g/mol. The van der Waals surface area contributed by atoms with Gasteiger partial charge in [0.1, 0.15) is 0 Å². The van der Waals surface area contributed by atoms with E-state index in [9.17, 15) is 14.7 Å². The van der Waals surface area contributed by atoms with Crippen LogP contribution in [0.1, 0.15) is 52.4 Å². The summed E-state index contributed by atoms with van der Waals surface area (Å²) in [4.78, 5) is 25.2. The maximum Gasteiger partial charge on any atom is 0.317 e. The van der Waals surface area contributed by atoms with Gasteiger partial charge in [-0.2, -0.15) is 0 Å². The lowest BCUT2D eigenvalue weighted by molar-refractivity contribution is -0.147. The molecule has 0 aliphatic heterocycles. The van der Waals surface area contributed by atoms with Crippen LogP contribution < -0.4 is 5.32 Å². The van der Waals surface area contributed by atoms with Crippen molar-refractivity contribution < 1.29 is 19.8 Å². The lowest BCUT2D eigenvalue weighted by Gasteiger charge is -2.35. The fourth-order valence-electron chi connectivity index (χ4n) is 2.67. The van der Waals surface area contributed by atoms with E-state index in [0.29, 0.717) is 13.0 Å². The zero-order valence-electron chi connectivity index (χ0n) is 13.1. The molecule has 3 N–H and O–H groups in total. The predicted molar refractivity (Wildman–Crippen MR) is 80.1 cm³/mol. The molecular formula is C15H28N2O4. The molecule has 1 rings (SSSR count). The van der Waals surface area contributed by atoms with E-state index in [1.54, 1.807) is 18.7 Å². The highest BCUT2D eigenvalue weighted by molar-refractivity contribution is 5.78. The summed E-state index contributed by atoms with van der Waals surface area (Å²) in [6.45, 7) is 3.76. The third-order valence-electron chi connectivity index (χ3n) is 4.54. The van der Waals surface area contributed by atoms with Crippen molar-refractivity contribution in [1.29, 1.82) is 0 Å². The summed E-state index contributed by atoms with van der Waals surface area (Å²) in [6.07, 6.45) is 5.75. The van der Waals surface area contributed by atoms with Crippen molar-refractivity contribution in [2.24, 2.45) is 5.41 Å². The number of carbonyl (C=O) groups is 2. The Bertz CT molecular complexity index is 356. The number of hydrogen-bond donors (Lipinski definition) is 3. The van der Waals surface area contributed by atoms with E-state index >= 15 is 0 Å². The van der Waals surface area contributed by atoms with Crippen molar-refractivity contribution in [2.45, 2.75) is 58.4 Å². The largest absolute Gasteiger partial charge is 0.481 e. The quantitative estimate of drug-likeness (QED) is 0.669. The summed E-state index contributed by atoms with van der Waals surface area (Å²) in [5, 5.41) is 21.1. The summed E-state index contributed by atoms with van der Waals surface area (Å²) in [5.74, 6) is -0.906. The minimum Gasteiger partial charge on any atom is -0.481 e. The minimum atomic E-state index is -0.951. The molecule has 0 spiro atoms. The van der Waals surface area contributed by atoms with Gasteiger partial charge in [-0.25, -0.2) is 4.79 Å². The minimum absolute atomic E-state index is 0.0755. The van der Waals surface area contributed by atoms with E-state index in [0.717, 1.165) is 25.7 Å². The summed E-state index contributed by atoms with van der Waals surface area (Å²) >= 11 is 0. The molecule has 1 saturated carbocycles. The lowest BCUT2D eigenvalue weighted by atomic mass is 9.88. The average molecular weight is 300 g/mol. The van der Waals surface area contributed by atoms with E-state index in [-0.39, 0.29) is 25.2 Å². The molecule has 0 heterocycles. The number of carboxylic acids is 1. The van der Waals surface area contributed by atoms with Gasteiger partial charge in [-0.05, 0) is 26.2 Å². The zero-order valence-corrected chi connectivity index (χ0v) is 13.1. The van der Waals surface area contributed by atoms with Gasteiger partial charge in [-0.15, -0.1) is 0 Å². The highest BCUT2D eigenvalue weighted by Gasteiger charge is 2.33. The lowest BCUT2D eigenvalue weighted by Crippen LogP contribution is -2.51. The highest BCUT2D eigenvalue weighted by Crippen LogP contribution is 2.23. The second-order valence-corrected chi connectivity index (χ2v) is 6.09. The fraction of sp³-hybridized carbons (Fsp3) is 0.867. The number of nitrogens with zero attached hydrogens (tertiary/aromatic N) is 1. The molecule has 0 aromatic rings. The Morgan fingerprint density at radius 1 is 1.29 bits per heavy atom. The van der Waals surface area contributed by atoms with Gasteiger partial charge in [0, 0.05) is 19.1 Å². The first-order valence-electron chi connectivity index (χ1n) is 7.83. The van der Waals surface area contributed by atoms with Crippen LogP contribution >= 0.6 is 0 Å². The van der Waals surface area contributed by atoms with Gasteiger partial charge < -0.3 is 20.4 Å². The second-order valence-electron chi connectivity index (χ2n) is 6.09. The van der Waals surface area contributed by atoms with E-state index in [1.807, 2.05) is 0 Å². The molecule has 0 bridgehead atoms. The Hall–Kier alpha value is -1.30. The molecule has 1 aliphatic rings. The van der Waals surface area contributed by atoms with Gasteiger partial charge in [-0.1, -0.05) is 26.2 Å². The molecule has 2 amide bonds. The molecule has 0 aromatic heterocycles. The zero-order chi connectivity index (χ0) is 15.9. The highest BCUT2D eigenvalue weighted by atomic mass is 16.4. The normalized spacial score (nSPS) is 18.8. The molecule has 0 radical (unpaired) electrons. The molecule has 1 aliphatic carbocycles. The van der Waals surface area contributed by atoms with Crippen LogP contribution in [-0.4, -0.2) is 52.9 Å². The number of aliphatic carboxylic acids is 1. The third-order valence-corrected chi connectivity index (χ3v) is 4.54. The molecule has 1 atom stereocenters. The van der Waals surface area contributed by atoms with Gasteiger partial charge in [-0.3, -0.25) is 4.79 Å². The number of amides is 2. The van der Waals surface area contributed by atoms with Crippen LogP contribution in [-0.2, 0) is 4.79 Å². The maximum atomic E-state index is 12.3. The molecule has 122 valence electrons. The number of rotatable bonds is 7. The number of aliphatic hydroxyl groups excluding tert-OH is 1. The number of hydrogen-bond acceptors (Lipinski definition) is 3. The van der Waals surface area contributed by atoms with Crippen LogP contribution in [0, 0.1) is 5.41 Å². The summed E-state index contributed by atoms with van der Waals surface area (Å²) < 4.78 is 0. The molecule has 0 saturated heterocycles. The van der Waals surface area contributed by atoms with Crippen molar-refractivity contribution in [3.8, 4) is 0 Å². The fourth-order valence-corrected chi connectivity index (χ4v) is 2.67. The van der Waals surface area contributed by atoms with E-state index < -0.39 is 11.4 Å². The van der Waals surface area contributed by atoms with Crippen molar-refractivity contribution in [3.05, 3.63) is 0 Å². The number of nitrogens with one attached hydrogen (secondary N) is 1. The predicted octanol–water partition coefficient (Wildman–Crippen LogP) is 1.82. The number of aliphatic hydroxyl groups is 1. The monoisotopic (exact) mass is 300 g/mol. The Balaban J connectivity index is 2.62. The van der Waals surface area contributed by atoms with Crippen LogP contribution in [0.15, 0.2) is 0 Å². The van der Waals surface area contributed by atoms with Crippen molar-refractivity contribution in [1.82, 2.24) is 10.2 Å². The average Bonchev–Trinajstić information content (AvgIpc) is 2.50. The Labute approximate surface area is 126 Å². The Kier molecular flexibility index (Phi) is 6.95. The van der Waals surface area contributed by atoms with E-state index in [4.69, 9.17) is 5.11 Å². The first-order valence-corrected chi connectivity index (χ1v) is 7.83. The summed E-state index contributed by atoms with van der Waals surface area (Å²) in [5.41, 5.74) is -0.951. The van der Waals surface area contributed by atoms with Crippen molar-refractivity contribution in [2.75, 3.05) is 19.7 Å². The van der Waals surface area contributed by atoms with Gasteiger partial charge in [0.2, 0.25) is 0 Å². The smallest absolute Gasteiger partial charge is 0.317 e. The van der Waals surface area contributed by atoms with Gasteiger partial charge in [0.05, 0.1) is 12.0 Å². The molecule has 6 nitrogen and oxygen atoms in total. The summed E-state index contributed by atoms with van der Waals surface area (Å²) in [6, 6.07) is -0.111. The third kappa shape index (κ3) is 4.88. The number of carboxylic acid groups (broad SMARTS) is 1. The first kappa shape index (κ1) is 17.8. The van der Waals surface area contributed by atoms with Gasteiger partial charge in [0.25, 0.3) is 0 Å².